The molecule has 1 aromatic heterocycles. The molecule has 0 spiro atoms. The molecule has 140 valence electrons. The van der Waals surface area contributed by atoms with Gasteiger partial charge in [0, 0.05) is 48.8 Å². The molecule has 1 aliphatic heterocycles. The van der Waals surface area contributed by atoms with Crippen LogP contribution >= 0.6 is 0 Å². The summed E-state index contributed by atoms with van der Waals surface area (Å²) in [7, 11) is 2.09. The third-order valence-electron chi connectivity index (χ3n) is 5.11. The molecule has 0 aliphatic carbocycles. The standard InChI is InChI=1S/C21H28N2O3/c1-6-25-20-16(4)21-18(15(3)13-26-21)12-17(20)14(2)11-19(24)23-9-7-22(5)8-10-23/h11-13H,6-10H2,1-5H3/b14-11+. The minimum Gasteiger partial charge on any atom is -0.493 e. The maximum absolute atomic E-state index is 12.7. The Kier molecular flexibility index (Phi) is 5.37. The molecular weight excluding hydrogens is 328 g/mol. The first kappa shape index (κ1) is 18.5. The number of fused-ring (bicyclic) bond motifs is 1. The van der Waals surface area contributed by atoms with Crippen molar-refractivity contribution < 1.29 is 13.9 Å². The van der Waals surface area contributed by atoms with Crippen LogP contribution in [0.3, 0.4) is 0 Å². The fourth-order valence-corrected chi connectivity index (χ4v) is 3.44. The van der Waals surface area contributed by atoms with Crippen LogP contribution in [0.1, 0.15) is 30.5 Å². The smallest absolute Gasteiger partial charge is 0.246 e. The minimum absolute atomic E-state index is 0.0692. The Hall–Kier alpha value is -2.27. The zero-order chi connectivity index (χ0) is 18.8. The van der Waals surface area contributed by atoms with Crippen LogP contribution < -0.4 is 4.74 Å². The van der Waals surface area contributed by atoms with Gasteiger partial charge in [-0.15, -0.1) is 0 Å². The molecule has 5 heteroatoms. The average Bonchev–Trinajstić information content (AvgIpc) is 2.99. The van der Waals surface area contributed by atoms with Gasteiger partial charge in [0.25, 0.3) is 0 Å². The summed E-state index contributed by atoms with van der Waals surface area (Å²) in [5.41, 5.74) is 4.80. The Bertz CT molecular complexity index is 843. The normalized spacial score (nSPS) is 16.3. The molecule has 3 rings (SSSR count). The molecule has 0 radical (unpaired) electrons. The van der Waals surface area contributed by atoms with Crippen molar-refractivity contribution in [1.29, 1.82) is 0 Å². The third-order valence-corrected chi connectivity index (χ3v) is 5.11. The molecule has 2 aromatic rings. The van der Waals surface area contributed by atoms with E-state index < -0.39 is 0 Å². The molecule has 0 unspecified atom stereocenters. The summed E-state index contributed by atoms with van der Waals surface area (Å²) < 4.78 is 11.6. The van der Waals surface area contributed by atoms with Gasteiger partial charge in [0.05, 0.1) is 12.9 Å². The van der Waals surface area contributed by atoms with E-state index in [2.05, 4.69) is 18.0 Å². The number of piperazine rings is 1. The second kappa shape index (κ2) is 7.54. The number of aryl methyl sites for hydroxylation is 2. The number of amides is 1. The minimum atomic E-state index is 0.0692. The van der Waals surface area contributed by atoms with E-state index in [9.17, 15) is 4.79 Å². The first-order valence-electron chi connectivity index (χ1n) is 9.22. The molecule has 1 amide bonds. The summed E-state index contributed by atoms with van der Waals surface area (Å²) in [5.74, 6) is 0.869. The van der Waals surface area contributed by atoms with E-state index in [-0.39, 0.29) is 5.91 Å². The predicted octanol–water partition coefficient (Wildman–Crippen LogP) is 3.63. The van der Waals surface area contributed by atoms with Gasteiger partial charge >= 0.3 is 0 Å². The summed E-state index contributed by atoms with van der Waals surface area (Å²) in [6.07, 6.45) is 3.51. The van der Waals surface area contributed by atoms with Crippen LogP contribution in [-0.2, 0) is 4.79 Å². The summed E-state index contributed by atoms with van der Waals surface area (Å²) >= 11 is 0. The second-order valence-corrected chi connectivity index (χ2v) is 7.06. The highest BCUT2D eigenvalue weighted by Crippen LogP contribution is 2.37. The lowest BCUT2D eigenvalue weighted by Gasteiger charge is -2.31. The average molecular weight is 356 g/mol. The van der Waals surface area contributed by atoms with Gasteiger partial charge in [-0.05, 0) is 51.9 Å². The topological polar surface area (TPSA) is 45.9 Å². The van der Waals surface area contributed by atoms with Gasteiger partial charge in [0.1, 0.15) is 11.3 Å². The lowest BCUT2D eigenvalue weighted by atomic mass is 9.98. The first-order valence-corrected chi connectivity index (χ1v) is 9.22. The van der Waals surface area contributed by atoms with E-state index >= 15 is 0 Å². The van der Waals surface area contributed by atoms with E-state index in [0.29, 0.717) is 6.61 Å². The van der Waals surface area contributed by atoms with Gasteiger partial charge in [-0.1, -0.05) is 0 Å². The van der Waals surface area contributed by atoms with Crippen molar-refractivity contribution in [2.24, 2.45) is 0 Å². The van der Waals surface area contributed by atoms with Gasteiger partial charge in [-0.2, -0.15) is 0 Å². The number of benzene rings is 1. The van der Waals surface area contributed by atoms with Crippen molar-refractivity contribution in [2.45, 2.75) is 27.7 Å². The Morgan fingerprint density at radius 2 is 1.96 bits per heavy atom. The van der Waals surface area contributed by atoms with Crippen molar-refractivity contribution >= 4 is 22.4 Å². The molecule has 5 nitrogen and oxygen atoms in total. The zero-order valence-electron chi connectivity index (χ0n) is 16.4. The highest BCUT2D eigenvalue weighted by molar-refractivity contribution is 5.98. The maximum atomic E-state index is 12.7. The van der Waals surface area contributed by atoms with E-state index in [1.54, 1.807) is 12.3 Å². The zero-order valence-corrected chi connectivity index (χ0v) is 16.4. The highest BCUT2D eigenvalue weighted by atomic mass is 16.5. The van der Waals surface area contributed by atoms with Crippen LogP contribution in [-0.4, -0.2) is 55.5 Å². The van der Waals surface area contributed by atoms with Crippen LogP contribution in [0.2, 0.25) is 0 Å². The molecule has 1 aromatic carbocycles. The molecule has 0 atom stereocenters. The first-order chi connectivity index (χ1) is 12.4. The fourth-order valence-electron chi connectivity index (χ4n) is 3.44. The monoisotopic (exact) mass is 356 g/mol. The van der Waals surface area contributed by atoms with Gasteiger partial charge in [0.2, 0.25) is 5.91 Å². The van der Waals surface area contributed by atoms with Crippen LogP contribution in [0.25, 0.3) is 16.5 Å². The molecule has 0 N–H and O–H groups in total. The van der Waals surface area contributed by atoms with Gasteiger partial charge in [-0.25, -0.2) is 0 Å². The lowest BCUT2D eigenvalue weighted by Crippen LogP contribution is -2.46. The number of hydrogen-bond acceptors (Lipinski definition) is 4. The number of furan rings is 1. The van der Waals surface area contributed by atoms with Crippen molar-refractivity contribution in [2.75, 3.05) is 39.8 Å². The van der Waals surface area contributed by atoms with Crippen molar-refractivity contribution in [3.63, 3.8) is 0 Å². The Morgan fingerprint density at radius 3 is 2.62 bits per heavy atom. The Balaban J connectivity index is 1.98. The van der Waals surface area contributed by atoms with E-state index in [1.807, 2.05) is 32.6 Å². The molecule has 1 aliphatic rings. The quantitative estimate of drug-likeness (QED) is 0.785. The number of ether oxygens (including phenoxy) is 1. The predicted molar refractivity (Wildman–Crippen MR) is 105 cm³/mol. The van der Waals surface area contributed by atoms with Crippen LogP contribution in [0.4, 0.5) is 0 Å². The lowest BCUT2D eigenvalue weighted by molar-refractivity contribution is -0.127. The number of likely N-dealkylation sites (N-methyl/N-ethyl adjacent to an activating group) is 1. The Morgan fingerprint density at radius 1 is 1.27 bits per heavy atom. The van der Waals surface area contributed by atoms with Crippen LogP contribution in [0, 0.1) is 13.8 Å². The molecule has 0 bridgehead atoms. The highest BCUT2D eigenvalue weighted by Gasteiger charge is 2.20. The molecule has 1 saturated heterocycles. The van der Waals surface area contributed by atoms with E-state index in [0.717, 1.165) is 65.2 Å². The number of allylic oxidation sites excluding steroid dienone is 1. The number of carbonyl (C=O) groups is 1. The van der Waals surface area contributed by atoms with Crippen LogP contribution in [0.15, 0.2) is 22.8 Å². The molecule has 0 saturated carbocycles. The van der Waals surface area contributed by atoms with E-state index in [4.69, 9.17) is 9.15 Å². The fraction of sp³-hybridized carbons (Fsp3) is 0.476. The number of rotatable bonds is 4. The molecule has 26 heavy (non-hydrogen) atoms. The van der Waals surface area contributed by atoms with Crippen LogP contribution in [0.5, 0.6) is 5.75 Å². The largest absolute Gasteiger partial charge is 0.493 e. The SMILES string of the molecule is CCOc1c(/C(C)=C/C(=O)N2CCN(C)CC2)cc2c(C)coc2c1C. The number of carbonyl (C=O) groups excluding carboxylic acids is 1. The summed E-state index contributed by atoms with van der Waals surface area (Å²) in [6, 6.07) is 2.08. The number of nitrogens with zero attached hydrogens (tertiary/aromatic N) is 2. The van der Waals surface area contributed by atoms with Gasteiger partial charge in [0.15, 0.2) is 0 Å². The van der Waals surface area contributed by atoms with Crippen molar-refractivity contribution in [1.82, 2.24) is 9.80 Å². The maximum Gasteiger partial charge on any atom is 0.246 e. The Labute approximate surface area is 155 Å². The second-order valence-electron chi connectivity index (χ2n) is 7.06. The number of hydrogen-bond donors (Lipinski definition) is 0. The third kappa shape index (κ3) is 3.49. The van der Waals surface area contributed by atoms with Gasteiger partial charge < -0.3 is 19.0 Å². The summed E-state index contributed by atoms with van der Waals surface area (Å²) in [5, 5.41) is 1.07. The molecule has 2 heterocycles. The van der Waals surface area contributed by atoms with Crippen molar-refractivity contribution in [3.05, 3.63) is 35.1 Å². The summed E-state index contributed by atoms with van der Waals surface area (Å²) in [6.45, 7) is 11.9. The molecule has 1 fully saturated rings. The van der Waals surface area contributed by atoms with E-state index in [1.165, 1.54) is 0 Å². The van der Waals surface area contributed by atoms with Crippen molar-refractivity contribution in [3.8, 4) is 5.75 Å². The van der Waals surface area contributed by atoms with Gasteiger partial charge in [-0.3, -0.25) is 4.79 Å². The summed E-state index contributed by atoms with van der Waals surface area (Å²) in [4.78, 5) is 16.9. The molecular formula is C21H28N2O3.